The highest BCUT2D eigenvalue weighted by molar-refractivity contribution is 9.09. The zero-order valence-corrected chi connectivity index (χ0v) is 25.7. The van der Waals surface area contributed by atoms with Crippen LogP contribution in [0, 0.1) is 11.6 Å². The second kappa shape index (κ2) is 13.1. The molecule has 0 spiro atoms. The molecule has 0 aliphatic carbocycles. The number of fused-ring (bicyclic) bond motifs is 2. The lowest BCUT2D eigenvalue weighted by Gasteiger charge is -2.14. The van der Waals surface area contributed by atoms with E-state index in [0.29, 0.717) is 64.6 Å². The average molecular weight is 677 g/mol. The molecule has 0 saturated heterocycles. The third-order valence-electron chi connectivity index (χ3n) is 7.34. The van der Waals surface area contributed by atoms with Gasteiger partial charge in [-0.3, -0.25) is 19.1 Å². The van der Waals surface area contributed by atoms with Crippen molar-refractivity contribution in [2.75, 3.05) is 25.7 Å². The summed E-state index contributed by atoms with van der Waals surface area (Å²) in [7, 11) is 1.53. The molecule has 2 aromatic heterocycles. The van der Waals surface area contributed by atoms with E-state index in [1.807, 2.05) is 0 Å². The van der Waals surface area contributed by atoms with Crippen LogP contribution in [0.1, 0.15) is 27.9 Å². The SMILES string of the molecule is COc1cc2c(Oc3ccc(CC(=O)c4c5c(cn(-c6ccc(F)cc6)c4=O)CCO5)cc3F)ccnc2cc1OCCCBr. The molecule has 0 N–H and O–H groups in total. The summed E-state index contributed by atoms with van der Waals surface area (Å²) in [5.74, 6) is -0.105. The van der Waals surface area contributed by atoms with Gasteiger partial charge in [-0.2, -0.15) is 0 Å². The van der Waals surface area contributed by atoms with Gasteiger partial charge in [-0.25, -0.2) is 8.78 Å². The van der Waals surface area contributed by atoms with E-state index in [9.17, 15) is 14.0 Å². The van der Waals surface area contributed by atoms with Crippen LogP contribution in [0.3, 0.4) is 0 Å². The van der Waals surface area contributed by atoms with Crippen molar-refractivity contribution in [2.24, 2.45) is 0 Å². The maximum atomic E-state index is 15.4. The number of benzene rings is 3. The van der Waals surface area contributed by atoms with Gasteiger partial charge in [0.15, 0.2) is 28.8 Å². The highest BCUT2D eigenvalue weighted by Crippen LogP contribution is 2.38. The van der Waals surface area contributed by atoms with E-state index in [1.54, 1.807) is 36.7 Å². The Kier molecular flexibility index (Phi) is 8.79. The monoisotopic (exact) mass is 676 g/mol. The third kappa shape index (κ3) is 6.26. The fraction of sp³-hybridized carbons (Fsp3) is 0.206. The lowest BCUT2D eigenvalue weighted by atomic mass is 10.0. The summed E-state index contributed by atoms with van der Waals surface area (Å²) >= 11 is 3.38. The quantitative estimate of drug-likeness (QED) is 0.0847. The van der Waals surface area contributed by atoms with E-state index >= 15 is 4.39 Å². The molecule has 1 aliphatic rings. The highest BCUT2D eigenvalue weighted by Gasteiger charge is 2.27. The van der Waals surface area contributed by atoms with E-state index in [1.165, 1.54) is 48.1 Å². The summed E-state index contributed by atoms with van der Waals surface area (Å²) in [5.41, 5.74) is 1.31. The molecule has 0 unspecified atom stereocenters. The average Bonchev–Trinajstić information content (AvgIpc) is 3.50. The molecule has 0 saturated carbocycles. The van der Waals surface area contributed by atoms with E-state index in [2.05, 4.69) is 20.9 Å². The van der Waals surface area contributed by atoms with E-state index in [4.69, 9.17) is 18.9 Å². The molecule has 0 amide bonds. The van der Waals surface area contributed by atoms with Crippen LogP contribution in [0.25, 0.3) is 16.6 Å². The Morgan fingerprint density at radius 3 is 2.60 bits per heavy atom. The van der Waals surface area contributed by atoms with E-state index in [0.717, 1.165) is 11.8 Å². The molecule has 3 aromatic carbocycles. The second-order valence-electron chi connectivity index (χ2n) is 10.3. The molecule has 0 fully saturated rings. The number of ether oxygens (including phenoxy) is 4. The number of halogens is 3. The first kappa shape index (κ1) is 30.3. The molecular formula is C34H27BrF2N2O6. The zero-order chi connectivity index (χ0) is 31.5. The normalized spacial score (nSPS) is 12.1. The number of pyridine rings is 2. The molecule has 3 heterocycles. The Labute approximate surface area is 265 Å². The van der Waals surface area contributed by atoms with Crippen molar-refractivity contribution >= 4 is 32.6 Å². The van der Waals surface area contributed by atoms with Crippen LogP contribution in [0.15, 0.2) is 77.9 Å². The molecule has 5 aromatic rings. The molecule has 230 valence electrons. The van der Waals surface area contributed by atoms with Crippen LogP contribution >= 0.6 is 15.9 Å². The van der Waals surface area contributed by atoms with Crippen molar-refractivity contribution in [1.82, 2.24) is 9.55 Å². The van der Waals surface area contributed by atoms with Crippen molar-refractivity contribution in [1.29, 1.82) is 0 Å². The Balaban J connectivity index is 1.26. The number of ketones is 1. The van der Waals surface area contributed by atoms with Crippen LogP contribution in [0.2, 0.25) is 0 Å². The van der Waals surface area contributed by atoms with Crippen molar-refractivity contribution < 1.29 is 32.5 Å². The number of hydrogen-bond donors (Lipinski definition) is 0. The maximum absolute atomic E-state index is 15.4. The van der Waals surface area contributed by atoms with Crippen molar-refractivity contribution in [2.45, 2.75) is 19.3 Å². The minimum Gasteiger partial charge on any atom is -0.493 e. The first-order valence-corrected chi connectivity index (χ1v) is 15.3. The summed E-state index contributed by atoms with van der Waals surface area (Å²) in [5, 5.41) is 1.40. The number of methoxy groups -OCH3 is 1. The third-order valence-corrected chi connectivity index (χ3v) is 7.90. The zero-order valence-electron chi connectivity index (χ0n) is 24.1. The van der Waals surface area contributed by atoms with Gasteiger partial charge in [0.05, 0.1) is 25.8 Å². The first-order chi connectivity index (χ1) is 21.9. The summed E-state index contributed by atoms with van der Waals surface area (Å²) < 4.78 is 53.1. The van der Waals surface area contributed by atoms with E-state index < -0.39 is 23.0 Å². The fourth-order valence-corrected chi connectivity index (χ4v) is 5.38. The predicted molar refractivity (Wildman–Crippen MR) is 168 cm³/mol. The Bertz CT molecular complexity index is 1960. The molecule has 8 nitrogen and oxygen atoms in total. The lowest BCUT2D eigenvalue weighted by molar-refractivity contribution is 0.0988. The predicted octanol–water partition coefficient (Wildman–Crippen LogP) is 6.99. The maximum Gasteiger partial charge on any atom is 0.269 e. The van der Waals surface area contributed by atoms with E-state index in [-0.39, 0.29) is 23.5 Å². The van der Waals surface area contributed by atoms with Crippen molar-refractivity contribution in [3.63, 3.8) is 0 Å². The number of aromatic nitrogens is 2. The standard InChI is InChI=1S/C34H27BrF2N2O6/c1-42-30-17-24-26(18-31(30)43-13-2-11-35)38-12-9-28(24)45-29-8-3-20(15-25(29)37)16-27(40)32-33-21(10-14-44-33)19-39(34(32)41)23-6-4-22(36)5-7-23/h3-9,12,15,17-19H,2,10-11,13-14,16H2,1H3. The molecule has 0 atom stereocenters. The number of nitrogens with zero attached hydrogens (tertiary/aromatic N) is 2. The minimum absolute atomic E-state index is 0.0575. The van der Waals surface area contributed by atoms with Gasteiger partial charge < -0.3 is 18.9 Å². The van der Waals surface area contributed by atoms with Gasteiger partial charge in [0.25, 0.3) is 5.56 Å². The van der Waals surface area contributed by atoms with Crippen LogP contribution in [-0.2, 0) is 12.8 Å². The number of rotatable bonds is 11. The summed E-state index contributed by atoms with van der Waals surface area (Å²) in [6.45, 7) is 0.817. The van der Waals surface area contributed by atoms with Crippen molar-refractivity contribution in [3.05, 3.63) is 112 Å². The fourth-order valence-electron chi connectivity index (χ4n) is 5.15. The Hall–Kier alpha value is -4.77. The molecule has 6 rings (SSSR count). The molecule has 0 radical (unpaired) electrons. The molecular weight excluding hydrogens is 650 g/mol. The van der Waals surface area contributed by atoms with Gasteiger partial charge in [-0.1, -0.05) is 22.0 Å². The molecule has 45 heavy (non-hydrogen) atoms. The Morgan fingerprint density at radius 2 is 1.84 bits per heavy atom. The second-order valence-corrected chi connectivity index (χ2v) is 11.1. The highest BCUT2D eigenvalue weighted by atomic mass is 79.9. The molecule has 1 aliphatic heterocycles. The van der Waals surface area contributed by atoms with Crippen LogP contribution < -0.4 is 24.5 Å². The van der Waals surface area contributed by atoms with Crippen LogP contribution in [-0.4, -0.2) is 41.0 Å². The van der Waals surface area contributed by atoms with Crippen LogP contribution in [0.5, 0.6) is 28.7 Å². The largest absolute Gasteiger partial charge is 0.493 e. The summed E-state index contributed by atoms with van der Waals surface area (Å²) in [6.07, 6.45) is 4.24. The van der Waals surface area contributed by atoms with Gasteiger partial charge in [0.1, 0.15) is 22.9 Å². The molecule has 11 heteroatoms. The van der Waals surface area contributed by atoms with Gasteiger partial charge in [-0.15, -0.1) is 0 Å². The first-order valence-electron chi connectivity index (χ1n) is 14.2. The van der Waals surface area contributed by atoms with Gasteiger partial charge in [0.2, 0.25) is 0 Å². The van der Waals surface area contributed by atoms with Gasteiger partial charge in [-0.05, 0) is 60.5 Å². The molecule has 0 bridgehead atoms. The summed E-state index contributed by atoms with van der Waals surface area (Å²) in [4.78, 5) is 31.4. The summed E-state index contributed by atoms with van der Waals surface area (Å²) in [6, 6.07) is 14.7. The topological polar surface area (TPSA) is 88.9 Å². The number of carbonyl (C=O) groups is 1. The number of hydrogen-bond acceptors (Lipinski definition) is 7. The smallest absolute Gasteiger partial charge is 0.269 e. The Morgan fingerprint density at radius 1 is 1.02 bits per heavy atom. The lowest BCUT2D eigenvalue weighted by Crippen LogP contribution is -2.27. The number of alkyl halides is 1. The van der Waals surface area contributed by atoms with Crippen molar-refractivity contribution in [3.8, 4) is 34.4 Å². The van der Waals surface area contributed by atoms with Gasteiger partial charge in [0, 0.05) is 53.3 Å². The van der Waals surface area contributed by atoms with Crippen LogP contribution in [0.4, 0.5) is 8.78 Å². The number of carbonyl (C=O) groups excluding carboxylic acids is 1. The minimum atomic E-state index is -0.690. The van der Waals surface area contributed by atoms with Gasteiger partial charge >= 0.3 is 0 Å². The number of Topliss-reactive ketones (excluding diaryl/α,β-unsaturated/α-hetero) is 1.